The number of para-hydroxylation sites is 1. The topological polar surface area (TPSA) is 92.4 Å². The zero-order chi connectivity index (χ0) is 22.5. The molecule has 7 nitrogen and oxygen atoms in total. The number of likely N-dealkylation sites (N-methyl/N-ethyl adjacent to an activating group) is 1. The van der Waals surface area contributed by atoms with Gasteiger partial charge < -0.3 is 14.6 Å². The lowest BCUT2D eigenvalue weighted by molar-refractivity contribution is -0.147. The number of fused-ring (bicyclic) bond motifs is 2. The Kier molecular flexibility index (Phi) is 6.26. The Morgan fingerprint density at radius 1 is 0.969 bits per heavy atom. The van der Waals surface area contributed by atoms with Gasteiger partial charge in [-0.15, -0.1) is 0 Å². The average molecular weight is 429 g/mol. The van der Waals surface area contributed by atoms with E-state index in [0.717, 1.165) is 16.5 Å². The Morgan fingerprint density at radius 2 is 1.69 bits per heavy atom. The van der Waals surface area contributed by atoms with E-state index in [4.69, 9.17) is 4.74 Å². The first kappa shape index (κ1) is 21.2. The van der Waals surface area contributed by atoms with Crippen molar-refractivity contribution in [2.24, 2.45) is 0 Å². The predicted molar refractivity (Wildman–Crippen MR) is 124 cm³/mol. The van der Waals surface area contributed by atoms with Crippen LogP contribution >= 0.6 is 0 Å². The molecule has 0 bridgehead atoms. The molecule has 4 rings (SSSR count). The highest BCUT2D eigenvalue weighted by Crippen LogP contribution is 2.26. The Bertz CT molecular complexity index is 1340. The normalized spacial score (nSPS) is 10.9. The summed E-state index contributed by atoms with van der Waals surface area (Å²) in [7, 11) is 0. The Morgan fingerprint density at radius 3 is 2.50 bits per heavy atom. The number of rotatable bonds is 7. The lowest BCUT2D eigenvalue weighted by Gasteiger charge is -2.22. The second-order valence-corrected chi connectivity index (χ2v) is 7.33. The number of aryl methyl sites for hydroxylation is 1. The molecule has 162 valence electrons. The van der Waals surface area contributed by atoms with Crippen molar-refractivity contribution < 1.29 is 14.3 Å². The number of hydrogen-bond acceptors (Lipinski definition) is 5. The quantitative estimate of drug-likeness (QED) is 0.453. The van der Waals surface area contributed by atoms with Crippen molar-refractivity contribution >= 4 is 39.2 Å². The van der Waals surface area contributed by atoms with Crippen LogP contribution in [0.15, 0.2) is 71.5 Å². The molecule has 0 atom stereocenters. The molecule has 7 heteroatoms. The van der Waals surface area contributed by atoms with Gasteiger partial charge in [0.05, 0.1) is 23.0 Å². The van der Waals surface area contributed by atoms with Crippen LogP contribution in [0.5, 0.6) is 0 Å². The zero-order valence-corrected chi connectivity index (χ0v) is 17.7. The Hall–Kier alpha value is -4.00. The van der Waals surface area contributed by atoms with Crippen LogP contribution in [0.25, 0.3) is 21.7 Å². The van der Waals surface area contributed by atoms with Crippen LogP contribution in [0.4, 0.5) is 5.69 Å². The largest absolute Gasteiger partial charge is 0.456 e. The number of esters is 1. The van der Waals surface area contributed by atoms with Crippen molar-refractivity contribution in [2.45, 2.75) is 19.8 Å². The summed E-state index contributed by atoms with van der Waals surface area (Å²) < 4.78 is 5.21. The van der Waals surface area contributed by atoms with Crippen molar-refractivity contribution in [1.82, 2.24) is 9.97 Å². The first-order valence-corrected chi connectivity index (χ1v) is 10.5. The zero-order valence-electron chi connectivity index (χ0n) is 17.7. The smallest absolute Gasteiger partial charge is 0.306 e. The molecule has 0 radical (unpaired) electrons. The monoisotopic (exact) mass is 429 g/mol. The van der Waals surface area contributed by atoms with E-state index in [0.29, 0.717) is 23.3 Å². The standard InChI is InChI=1S/C25H23N3O4/c1-2-28(21-13-7-9-17-8-3-4-10-18(17)21)23(29)16-32-24(30)15-14-22-26-20-12-6-5-11-19(20)25(31)27-22/h3-13H,2,14-16H2,1H3,(H,26,27,31). The lowest BCUT2D eigenvalue weighted by atomic mass is 10.1. The van der Waals surface area contributed by atoms with Crippen LogP contribution in [0.3, 0.4) is 0 Å². The molecule has 0 aliphatic rings. The van der Waals surface area contributed by atoms with Crippen LogP contribution in [-0.4, -0.2) is 35.0 Å². The van der Waals surface area contributed by atoms with Crippen molar-refractivity contribution in [2.75, 3.05) is 18.1 Å². The van der Waals surface area contributed by atoms with Gasteiger partial charge in [0.25, 0.3) is 11.5 Å². The van der Waals surface area contributed by atoms with Crippen LogP contribution in [0.1, 0.15) is 19.2 Å². The number of hydrogen-bond donors (Lipinski definition) is 1. The summed E-state index contributed by atoms with van der Waals surface area (Å²) in [5, 5.41) is 2.49. The maximum atomic E-state index is 12.8. The highest BCUT2D eigenvalue weighted by Gasteiger charge is 2.18. The molecule has 1 N–H and O–H groups in total. The molecule has 0 fully saturated rings. The Labute approximate surface area is 184 Å². The molecule has 0 spiro atoms. The minimum absolute atomic E-state index is 0.00888. The molecule has 0 aliphatic heterocycles. The van der Waals surface area contributed by atoms with E-state index in [1.165, 1.54) is 0 Å². The highest BCUT2D eigenvalue weighted by atomic mass is 16.5. The molecule has 4 aromatic rings. The summed E-state index contributed by atoms with van der Waals surface area (Å²) in [6.07, 6.45) is 0.225. The molecule has 0 saturated carbocycles. The van der Waals surface area contributed by atoms with Gasteiger partial charge in [-0.3, -0.25) is 14.4 Å². The number of ether oxygens (including phenoxy) is 1. The molecule has 32 heavy (non-hydrogen) atoms. The van der Waals surface area contributed by atoms with Gasteiger partial charge in [0.2, 0.25) is 0 Å². The maximum absolute atomic E-state index is 12.8. The van der Waals surface area contributed by atoms with E-state index in [-0.39, 0.29) is 30.9 Å². The fourth-order valence-corrected chi connectivity index (χ4v) is 3.69. The third kappa shape index (κ3) is 4.51. The summed E-state index contributed by atoms with van der Waals surface area (Å²) >= 11 is 0. The van der Waals surface area contributed by atoms with Gasteiger partial charge in [-0.05, 0) is 30.5 Å². The van der Waals surface area contributed by atoms with Gasteiger partial charge >= 0.3 is 5.97 Å². The maximum Gasteiger partial charge on any atom is 0.306 e. The van der Waals surface area contributed by atoms with Gasteiger partial charge in [-0.2, -0.15) is 0 Å². The van der Waals surface area contributed by atoms with Crippen LogP contribution < -0.4 is 10.5 Å². The number of nitrogens with one attached hydrogen (secondary N) is 1. The third-order valence-corrected chi connectivity index (χ3v) is 5.26. The van der Waals surface area contributed by atoms with E-state index in [2.05, 4.69) is 9.97 Å². The second-order valence-electron chi connectivity index (χ2n) is 7.33. The molecule has 0 unspecified atom stereocenters. The fourth-order valence-electron chi connectivity index (χ4n) is 3.69. The summed E-state index contributed by atoms with van der Waals surface area (Å²) in [5.74, 6) is -0.416. The summed E-state index contributed by atoms with van der Waals surface area (Å²) in [4.78, 5) is 45.8. The summed E-state index contributed by atoms with van der Waals surface area (Å²) in [5.41, 5.74) is 1.11. The van der Waals surface area contributed by atoms with Gasteiger partial charge in [0, 0.05) is 18.4 Å². The summed E-state index contributed by atoms with van der Waals surface area (Å²) in [6, 6.07) is 20.6. The van der Waals surface area contributed by atoms with Crippen LogP contribution in [0.2, 0.25) is 0 Å². The van der Waals surface area contributed by atoms with Gasteiger partial charge in [0.1, 0.15) is 5.82 Å². The number of aromatic amines is 1. The van der Waals surface area contributed by atoms with Gasteiger partial charge in [-0.25, -0.2) is 4.98 Å². The highest BCUT2D eigenvalue weighted by molar-refractivity contribution is 6.04. The van der Waals surface area contributed by atoms with Gasteiger partial charge in [0.15, 0.2) is 6.61 Å². The summed E-state index contributed by atoms with van der Waals surface area (Å²) in [6.45, 7) is 1.98. The molecule has 1 amide bonds. The minimum Gasteiger partial charge on any atom is -0.456 e. The number of benzene rings is 3. The molecule has 0 aliphatic carbocycles. The number of aromatic nitrogens is 2. The van der Waals surface area contributed by atoms with E-state index in [1.54, 1.807) is 29.2 Å². The van der Waals surface area contributed by atoms with E-state index in [1.807, 2.05) is 49.4 Å². The SMILES string of the molecule is CCN(C(=O)COC(=O)CCc1nc2ccccc2c(=O)[nH]1)c1cccc2ccccc12. The Balaban J connectivity index is 1.38. The first-order valence-electron chi connectivity index (χ1n) is 10.5. The molecular formula is C25H23N3O4. The van der Waals surface area contributed by atoms with E-state index in [9.17, 15) is 14.4 Å². The molecular weight excluding hydrogens is 406 g/mol. The van der Waals surface area contributed by atoms with E-state index >= 15 is 0 Å². The molecule has 1 aromatic heterocycles. The van der Waals surface area contributed by atoms with Crippen molar-refractivity contribution in [3.63, 3.8) is 0 Å². The van der Waals surface area contributed by atoms with Crippen LogP contribution in [-0.2, 0) is 20.7 Å². The first-order chi connectivity index (χ1) is 15.6. The number of anilines is 1. The lowest BCUT2D eigenvalue weighted by Crippen LogP contribution is -2.34. The van der Waals surface area contributed by atoms with E-state index < -0.39 is 5.97 Å². The third-order valence-electron chi connectivity index (χ3n) is 5.26. The number of carbonyl (C=O) groups is 2. The number of nitrogens with zero attached hydrogens (tertiary/aromatic N) is 2. The number of H-pyrrole nitrogens is 1. The second kappa shape index (κ2) is 9.43. The average Bonchev–Trinajstić information content (AvgIpc) is 2.82. The molecule has 1 heterocycles. The minimum atomic E-state index is -0.525. The predicted octanol–water partition coefficient (Wildman–Crippen LogP) is 3.61. The van der Waals surface area contributed by atoms with Crippen molar-refractivity contribution in [3.8, 4) is 0 Å². The molecule has 3 aromatic carbocycles. The van der Waals surface area contributed by atoms with Crippen molar-refractivity contribution in [3.05, 3.63) is 82.9 Å². The molecule has 0 saturated heterocycles. The fraction of sp³-hybridized carbons (Fsp3) is 0.200. The van der Waals surface area contributed by atoms with Crippen LogP contribution in [0, 0.1) is 0 Å². The van der Waals surface area contributed by atoms with Crippen molar-refractivity contribution in [1.29, 1.82) is 0 Å². The van der Waals surface area contributed by atoms with Gasteiger partial charge in [-0.1, -0.05) is 48.5 Å². The number of carbonyl (C=O) groups excluding carboxylic acids is 2. The number of amides is 1.